The number of hydrogen-bond donors (Lipinski definition) is 0. The minimum Gasteiger partial charge on any atom is -0.304 e. The molecule has 47 heavy (non-hydrogen) atoms. The molecule has 2 nitrogen and oxygen atoms in total. The molecule has 0 spiro atoms. The second kappa shape index (κ2) is 14.8. The molecule has 7 aromatic rings. The molecule has 0 saturated heterocycles. The summed E-state index contributed by atoms with van der Waals surface area (Å²) in [5, 5.41) is 2.61. The van der Waals surface area contributed by atoms with Crippen LogP contribution in [0.4, 0.5) is 0 Å². The number of hydrogen-bond acceptors (Lipinski definition) is 3. The first-order valence-corrected chi connectivity index (χ1v) is 24.1. The van der Waals surface area contributed by atoms with Crippen LogP contribution in [0.1, 0.15) is 36.5 Å². The fourth-order valence-corrected chi connectivity index (χ4v) is 11.0. The first kappa shape index (κ1) is 34.9. The van der Waals surface area contributed by atoms with Crippen LogP contribution in [0.3, 0.4) is 0 Å². The largest absolute Gasteiger partial charge is 0.304 e. The van der Waals surface area contributed by atoms with Crippen LogP contribution in [-0.2, 0) is 20.1 Å². The van der Waals surface area contributed by atoms with Crippen molar-refractivity contribution >= 4 is 49.2 Å². The van der Waals surface area contributed by atoms with E-state index < -0.39 is 13.3 Å². The molecule has 0 N–H and O–H groups in total. The van der Waals surface area contributed by atoms with Crippen molar-refractivity contribution in [1.29, 1.82) is 0 Å². The van der Waals surface area contributed by atoms with E-state index in [4.69, 9.17) is 4.98 Å². The van der Waals surface area contributed by atoms with Crippen LogP contribution >= 0.6 is 11.3 Å². The molecule has 0 atom stereocenters. The zero-order valence-corrected chi connectivity index (χ0v) is 33.4. The Labute approximate surface area is 300 Å². The van der Waals surface area contributed by atoms with Crippen molar-refractivity contribution in [2.75, 3.05) is 0 Å². The maximum atomic E-state index is 4.77. The van der Waals surface area contributed by atoms with E-state index in [2.05, 4.69) is 141 Å². The van der Waals surface area contributed by atoms with Gasteiger partial charge < -0.3 is 4.98 Å². The number of pyridine rings is 2. The molecule has 239 valence electrons. The first-order chi connectivity index (χ1) is 22.1. The smallest absolute Gasteiger partial charge is 0.0245 e. The Morgan fingerprint density at radius 1 is 0.723 bits per heavy atom. The summed E-state index contributed by atoms with van der Waals surface area (Å²) in [6.45, 7) is 8.81. The van der Waals surface area contributed by atoms with Crippen molar-refractivity contribution in [3.8, 4) is 33.6 Å². The number of rotatable bonds is 5. The fourth-order valence-electron chi connectivity index (χ4n) is 6.18. The third-order valence-corrected chi connectivity index (χ3v) is 14.1. The van der Waals surface area contributed by atoms with E-state index >= 15 is 0 Å². The summed E-state index contributed by atoms with van der Waals surface area (Å²) < 4.78 is 4.06. The summed E-state index contributed by atoms with van der Waals surface area (Å²) in [6.07, 6.45) is 4.07. The Bertz CT molecular complexity index is 2130. The minimum absolute atomic E-state index is 0. The van der Waals surface area contributed by atoms with Crippen LogP contribution < -0.4 is 4.40 Å². The summed E-state index contributed by atoms with van der Waals surface area (Å²) in [5.41, 5.74) is 10.7. The van der Waals surface area contributed by atoms with E-state index in [1.807, 2.05) is 41.8 Å². The van der Waals surface area contributed by atoms with E-state index in [0.717, 1.165) is 22.5 Å². The predicted octanol–water partition coefficient (Wildman–Crippen LogP) is 11.4. The molecule has 7 rings (SSSR count). The fraction of sp³-hybridized carbons (Fsp3) is 0.190. The quantitative estimate of drug-likeness (QED) is 0.127. The Balaban J connectivity index is 0.000000207. The molecule has 0 saturated carbocycles. The monoisotopic (exact) mass is 871 g/mol. The van der Waals surface area contributed by atoms with E-state index in [1.165, 1.54) is 52.4 Å². The van der Waals surface area contributed by atoms with Crippen LogP contribution in [0.2, 0.25) is 17.3 Å². The van der Waals surface area contributed by atoms with Gasteiger partial charge in [-0.25, -0.2) is 0 Å². The number of aromatic nitrogens is 2. The normalized spacial score (nSPS) is 11.3. The maximum absolute atomic E-state index is 4.77. The zero-order chi connectivity index (χ0) is 32.4. The van der Waals surface area contributed by atoms with Crippen LogP contribution in [0.5, 0.6) is 0 Å². The average molecular weight is 870 g/mol. The van der Waals surface area contributed by atoms with Gasteiger partial charge in [0.05, 0.1) is 0 Å². The SMILES string of the molecule is Cc1cc(-c2[c-]cccc2)nc[c]1[Ge]([CH3])([CH3])[CH3].Cc1cnc(-c2[c-]ccc3c2sc2cccc(-c4ccccc4)c23)cc1C(C)C.[Ir]. The van der Waals surface area contributed by atoms with Crippen molar-refractivity contribution < 1.29 is 20.1 Å². The molecule has 0 aliphatic rings. The molecule has 4 aromatic carbocycles. The molecule has 0 bridgehead atoms. The van der Waals surface area contributed by atoms with Gasteiger partial charge in [-0.1, -0.05) is 67.8 Å². The molecule has 0 aliphatic carbocycles. The standard InChI is InChI=1S/C27H22NS.C15H18GeN.Ir/c1-17(2)23-15-24(28-16-18(23)3)21-12-7-13-22-26-20(19-9-5-4-6-10-19)11-8-14-25(26)29-27(21)22;1-12-10-15(13-8-6-5-7-9-13)17-11-14(12)16(2,3)4;/h4-11,13-17H,1-3H3;5-8,10-11H,1-4H3;/q2*-1;. The Hall–Kier alpha value is -3.41. The summed E-state index contributed by atoms with van der Waals surface area (Å²) in [5.74, 6) is 7.68. The van der Waals surface area contributed by atoms with Gasteiger partial charge in [0.15, 0.2) is 0 Å². The van der Waals surface area contributed by atoms with Gasteiger partial charge in [0, 0.05) is 31.0 Å². The van der Waals surface area contributed by atoms with Crippen LogP contribution in [-0.4, -0.2) is 23.2 Å². The molecule has 0 fully saturated rings. The topological polar surface area (TPSA) is 25.8 Å². The van der Waals surface area contributed by atoms with Gasteiger partial charge in [-0.15, -0.1) is 23.8 Å². The van der Waals surface area contributed by atoms with Crippen molar-refractivity contribution in [1.82, 2.24) is 9.97 Å². The Kier molecular flexibility index (Phi) is 11.0. The molecule has 3 heterocycles. The van der Waals surface area contributed by atoms with Crippen LogP contribution in [0.25, 0.3) is 53.8 Å². The van der Waals surface area contributed by atoms with Crippen molar-refractivity contribution in [3.05, 3.63) is 138 Å². The number of benzene rings is 4. The van der Waals surface area contributed by atoms with Gasteiger partial charge >= 0.3 is 106 Å². The third-order valence-electron chi connectivity index (χ3n) is 8.47. The van der Waals surface area contributed by atoms with E-state index in [-0.39, 0.29) is 20.1 Å². The summed E-state index contributed by atoms with van der Waals surface area (Å²) in [4.78, 5) is 9.36. The summed E-state index contributed by atoms with van der Waals surface area (Å²) in [7, 11) is 0. The van der Waals surface area contributed by atoms with E-state index in [1.54, 1.807) is 0 Å². The molecule has 3 aromatic heterocycles. The van der Waals surface area contributed by atoms with Crippen molar-refractivity contribution in [3.63, 3.8) is 0 Å². The zero-order valence-electron chi connectivity index (χ0n) is 28.1. The summed E-state index contributed by atoms with van der Waals surface area (Å²) >= 11 is 0.0666. The molecular weight excluding hydrogens is 829 g/mol. The molecule has 0 aliphatic heterocycles. The van der Waals surface area contributed by atoms with Crippen LogP contribution in [0.15, 0.2) is 109 Å². The van der Waals surface area contributed by atoms with Crippen molar-refractivity contribution in [2.24, 2.45) is 0 Å². The molecule has 0 amide bonds. The second-order valence-corrected chi connectivity index (χ2v) is 24.9. The van der Waals surface area contributed by atoms with Crippen molar-refractivity contribution in [2.45, 2.75) is 50.9 Å². The van der Waals surface area contributed by atoms with Crippen LogP contribution in [0, 0.1) is 26.0 Å². The van der Waals surface area contributed by atoms with E-state index in [9.17, 15) is 0 Å². The second-order valence-electron chi connectivity index (χ2n) is 13.2. The van der Waals surface area contributed by atoms with Gasteiger partial charge in [-0.3, -0.25) is 0 Å². The summed E-state index contributed by atoms with van der Waals surface area (Å²) in [6, 6.07) is 40.6. The van der Waals surface area contributed by atoms with Gasteiger partial charge in [0.25, 0.3) is 0 Å². The Morgan fingerprint density at radius 2 is 1.47 bits per heavy atom. The van der Waals surface area contributed by atoms with Gasteiger partial charge in [0.2, 0.25) is 0 Å². The molecular formula is C42H40GeIrN2S-2. The maximum Gasteiger partial charge on any atom is 0.0245 e. The van der Waals surface area contributed by atoms with Gasteiger partial charge in [-0.2, -0.15) is 11.3 Å². The first-order valence-electron chi connectivity index (χ1n) is 15.9. The number of nitrogens with zero attached hydrogens (tertiary/aromatic N) is 2. The average Bonchev–Trinajstić information content (AvgIpc) is 3.45. The van der Waals surface area contributed by atoms with Gasteiger partial charge in [0.1, 0.15) is 0 Å². The number of thiophene rings is 1. The molecule has 5 heteroatoms. The van der Waals surface area contributed by atoms with Gasteiger partial charge in [-0.05, 0) is 56.9 Å². The minimum atomic E-state index is -1.77. The molecule has 1 radical (unpaired) electrons. The predicted molar refractivity (Wildman–Crippen MR) is 202 cm³/mol. The third kappa shape index (κ3) is 7.52. The number of fused-ring (bicyclic) bond motifs is 3. The molecule has 0 unspecified atom stereocenters. The van der Waals surface area contributed by atoms with E-state index in [0.29, 0.717) is 5.92 Å². The number of aryl methyl sites for hydroxylation is 2. The Morgan fingerprint density at radius 3 is 2.15 bits per heavy atom.